The highest BCUT2D eigenvalue weighted by molar-refractivity contribution is 7.07. The third-order valence-electron chi connectivity index (χ3n) is 3.50. The molecular weight excluding hydrogens is 274 g/mol. The number of rotatable bonds is 5. The Morgan fingerprint density at radius 2 is 2.50 bits per heavy atom. The van der Waals surface area contributed by atoms with Crippen LogP contribution in [0, 0.1) is 6.92 Å². The summed E-state index contributed by atoms with van der Waals surface area (Å²) in [6.07, 6.45) is 2.41. The van der Waals surface area contributed by atoms with Crippen LogP contribution in [0.1, 0.15) is 30.3 Å². The molecule has 0 aromatic carbocycles. The molecule has 1 aliphatic rings. The second-order valence-corrected chi connectivity index (χ2v) is 5.88. The summed E-state index contributed by atoms with van der Waals surface area (Å²) in [6, 6.07) is 0.512. The minimum atomic E-state index is 0.512. The second-order valence-electron chi connectivity index (χ2n) is 5.16. The van der Waals surface area contributed by atoms with Crippen LogP contribution in [0.15, 0.2) is 15.4 Å². The lowest BCUT2D eigenvalue weighted by atomic mass is 10.1. The second kappa shape index (κ2) is 6.43. The maximum Gasteiger partial charge on any atom is 0.223 e. The summed E-state index contributed by atoms with van der Waals surface area (Å²) < 4.78 is 5.02. The van der Waals surface area contributed by atoms with Crippen molar-refractivity contribution in [1.29, 1.82) is 0 Å². The lowest BCUT2D eigenvalue weighted by Crippen LogP contribution is -2.45. The number of hydrogen-bond acceptors (Lipinski definition) is 7. The van der Waals surface area contributed by atoms with Crippen LogP contribution >= 0.6 is 11.3 Å². The van der Waals surface area contributed by atoms with E-state index in [1.165, 1.54) is 12.8 Å². The van der Waals surface area contributed by atoms with Crippen LogP contribution in [0.4, 0.5) is 0 Å². The molecule has 3 heterocycles. The van der Waals surface area contributed by atoms with Crippen molar-refractivity contribution in [3.63, 3.8) is 0 Å². The van der Waals surface area contributed by atoms with Gasteiger partial charge < -0.3 is 9.84 Å². The average Bonchev–Trinajstić information content (AvgIpc) is 3.09. The van der Waals surface area contributed by atoms with Gasteiger partial charge in [0.2, 0.25) is 5.89 Å². The molecule has 0 aliphatic carbocycles. The first-order chi connectivity index (χ1) is 9.79. The van der Waals surface area contributed by atoms with Gasteiger partial charge in [0.15, 0.2) is 5.82 Å². The van der Waals surface area contributed by atoms with Crippen LogP contribution in [0.5, 0.6) is 0 Å². The SMILES string of the molecule is Cc1nc(CN2CCC[C@@H](NCc3cscn3)C2)no1. The van der Waals surface area contributed by atoms with E-state index in [2.05, 4.69) is 30.7 Å². The maximum absolute atomic E-state index is 5.02. The molecule has 1 saturated heterocycles. The van der Waals surface area contributed by atoms with Crippen LogP contribution in [0.25, 0.3) is 0 Å². The number of nitrogens with zero attached hydrogens (tertiary/aromatic N) is 4. The normalized spacial score (nSPS) is 20.4. The topological polar surface area (TPSA) is 67.1 Å². The highest BCUT2D eigenvalue weighted by atomic mass is 32.1. The van der Waals surface area contributed by atoms with Crippen LogP contribution in [-0.4, -0.2) is 39.2 Å². The Balaban J connectivity index is 1.48. The molecule has 0 saturated carbocycles. The van der Waals surface area contributed by atoms with Gasteiger partial charge in [0.25, 0.3) is 0 Å². The van der Waals surface area contributed by atoms with E-state index in [0.717, 1.165) is 37.7 Å². The molecule has 108 valence electrons. The van der Waals surface area contributed by atoms with Crippen LogP contribution in [-0.2, 0) is 13.1 Å². The molecule has 3 rings (SSSR count). The Bertz CT molecular complexity index is 527. The van der Waals surface area contributed by atoms with Crippen molar-refractivity contribution < 1.29 is 4.52 Å². The van der Waals surface area contributed by atoms with Crippen LogP contribution in [0.3, 0.4) is 0 Å². The lowest BCUT2D eigenvalue weighted by Gasteiger charge is -2.32. The number of nitrogens with one attached hydrogen (secondary N) is 1. The standard InChI is InChI=1S/C13H19N5OS/c1-10-16-13(17-19-10)7-18-4-2-3-11(6-18)14-5-12-8-20-9-15-12/h8-9,11,14H,2-7H2,1H3/t11-/m1/s1. The minimum Gasteiger partial charge on any atom is -0.340 e. The van der Waals surface area contributed by atoms with E-state index in [4.69, 9.17) is 4.52 Å². The minimum absolute atomic E-state index is 0.512. The Labute approximate surface area is 122 Å². The summed E-state index contributed by atoms with van der Waals surface area (Å²) in [5, 5.41) is 9.64. The summed E-state index contributed by atoms with van der Waals surface area (Å²) in [5.41, 5.74) is 3.00. The van der Waals surface area contributed by atoms with E-state index >= 15 is 0 Å². The van der Waals surface area contributed by atoms with Gasteiger partial charge in [0.05, 0.1) is 17.7 Å². The highest BCUT2D eigenvalue weighted by Crippen LogP contribution is 2.13. The number of aryl methyl sites for hydroxylation is 1. The van der Waals surface area contributed by atoms with Crippen molar-refractivity contribution in [1.82, 2.24) is 25.3 Å². The summed E-state index contributed by atoms with van der Waals surface area (Å²) >= 11 is 1.64. The van der Waals surface area contributed by atoms with Gasteiger partial charge >= 0.3 is 0 Å². The van der Waals surface area contributed by atoms with E-state index in [0.29, 0.717) is 11.9 Å². The molecular formula is C13H19N5OS. The zero-order valence-electron chi connectivity index (χ0n) is 11.6. The zero-order chi connectivity index (χ0) is 13.8. The van der Waals surface area contributed by atoms with Crippen molar-refractivity contribution in [2.75, 3.05) is 13.1 Å². The van der Waals surface area contributed by atoms with E-state index in [-0.39, 0.29) is 0 Å². The summed E-state index contributed by atoms with van der Waals surface area (Å²) in [6.45, 7) is 5.57. The zero-order valence-corrected chi connectivity index (χ0v) is 12.4. The van der Waals surface area contributed by atoms with Crippen molar-refractivity contribution >= 4 is 11.3 Å². The van der Waals surface area contributed by atoms with Gasteiger partial charge in [-0.2, -0.15) is 4.98 Å². The fourth-order valence-electron chi connectivity index (χ4n) is 2.55. The maximum atomic E-state index is 5.02. The molecule has 1 fully saturated rings. The van der Waals surface area contributed by atoms with E-state index in [9.17, 15) is 0 Å². The molecule has 1 N–H and O–H groups in total. The Kier molecular flexibility index (Phi) is 4.39. The van der Waals surface area contributed by atoms with Gasteiger partial charge in [0, 0.05) is 31.4 Å². The molecule has 0 bridgehead atoms. The van der Waals surface area contributed by atoms with Gasteiger partial charge in [-0.3, -0.25) is 4.90 Å². The Morgan fingerprint density at radius 1 is 1.55 bits per heavy atom. The molecule has 6 nitrogen and oxygen atoms in total. The fourth-order valence-corrected chi connectivity index (χ4v) is 3.10. The monoisotopic (exact) mass is 293 g/mol. The molecule has 0 amide bonds. The van der Waals surface area contributed by atoms with E-state index in [1.54, 1.807) is 11.3 Å². The third kappa shape index (κ3) is 3.62. The van der Waals surface area contributed by atoms with Crippen molar-refractivity contribution in [2.24, 2.45) is 0 Å². The van der Waals surface area contributed by atoms with E-state index in [1.807, 2.05) is 12.4 Å². The predicted octanol–water partition coefficient (Wildman–Crippen LogP) is 1.59. The van der Waals surface area contributed by atoms with Gasteiger partial charge in [-0.25, -0.2) is 4.98 Å². The molecule has 7 heteroatoms. The smallest absolute Gasteiger partial charge is 0.223 e. The summed E-state index contributed by atoms with van der Waals surface area (Å²) in [7, 11) is 0. The fraction of sp³-hybridized carbons (Fsp3) is 0.615. The van der Waals surface area contributed by atoms with Crippen molar-refractivity contribution in [2.45, 2.75) is 38.9 Å². The first-order valence-corrected chi connectivity index (χ1v) is 7.86. The van der Waals surface area contributed by atoms with Crippen molar-refractivity contribution in [3.05, 3.63) is 28.3 Å². The molecule has 20 heavy (non-hydrogen) atoms. The number of thiazole rings is 1. The molecule has 0 radical (unpaired) electrons. The van der Waals surface area contributed by atoms with Crippen LogP contribution in [0.2, 0.25) is 0 Å². The van der Waals surface area contributed by atoms with Gasteiger partial charge in [0.1, 0.15) is 0 Å². The predicted molar refractivity (Wildman–Crippen MR) is 76.3 cm³/mol. The molecule has 0 spiro atoms. The molecule has 1 aliphatic heterocycles. The third-order valence-corrected chi connectivity index (χ3v) is 4.13. The lowest BCUT2D eigenvalue weighted by molar-refractivity contribution is 0.177. The molecule has 1 atom stereocenters. The van der Waals surface area contributed by atoms with Crippen molar-refractivity contribution in [3.8, 4) is 0 Å². The molecule has 2 aromatic rings. The van der Waals surface area contributed by atoms with Gasteiger partial charge in [-0.1, -0.05) is 5.16 Å². The van der Waals surface area contributed by atoms with Gasteiger partial charge in [-0.15, -0.1) is 11.3 Å². The quantitative estimate of drug-likeness (QED) is 0.903. The number of piperidine rings is 1. The van der Waals surface area contributed by atoms with Crippen LogP contribution < -0.4 is 5.32 Å². The number of likely N-dealkylation sites (tertiary alicyclic amines) is 1. The Hall–Kier alpha value is -1.31. The summed E-state index contributed by atoms with van der Waals surface area (Å²) in [5.74, 6) is 1.41. The molecule has 2 aromatic heterocycles. The van der Waals surface area contributed by atoms with Gasteiger partial charge in [-0.05, 0) is 19.4 Å². The number of hydrogen-bond donors (Lipinski definition) is 1. The summed E-state index contributed by atoms with van der Waals surface area (Å²) in [4.78, 5) is 10.9. The van der Waals surface area contributed by atoms with E-state index < -0.39 is 0 Å². The highest BCUT2D eigenvalue weighted by Gasteiger charge is 2.21. The first-order valence-electron chi connectivity index (χ1n) is 6.91. The Morgan fingerprint density at radius 3 is 3.25 bits per heavy atom. The largest absolute Gasteiger partial charge is 0.340 e. The molecule has 0 unspecified atom stereocenters. The first kappa shape index (κ1) is 13.7. The number of aromatic nitrogens is 3. The average molecular weight is 293 g/mol.